The molecule has 0 fully saturated rings. The van der Waals surface area contributed by atoms with Crippen molar-refractivity contribution in [2.45, 2.75) is 58.7 Å². The molecule has 0 aliphatic carbocycles. The second-order valence-corrected chi connectivity index (χ2v) is 17.1. The van der Waals surface area contributed by atoms with Crippen molar-refractivity contribution >= 4 is 36.0 Å². The molecule has 0 N–H and O–H groups in total. The first kappa shape index (κ1) is 29.5. The van der Waals surface area contributed by atoms with E-state index in [0.717, 1.165) is 36.0 Å². The number of carbonyl (C=O) groups excluding carboxylic acids is 1. The number of rotatable bonds is 10. The van der Waals surface area contributed by atoms with E-state index in [1.807, 2.05) is 61.5 Å². The Labute approximate surface area is 247 Å². The van der Waals surface area contributed by atoms with Gasteiger partial charge in [-0.2, -0.15) is 0 Å². The van der Waals surface area contributed by atoms with Crippen LogP contribution >= 0.6 is 0 Å². The fraction of sp³-hybridized carbons (Fsp3) is 0.314. The summed E-state index contributed by atoms with van der Waals surface area (Å²) >= 11 is 0. The lowest BCUT2D eigenvalue weighted by atomic mass is 9.96. The second-order valence-electron chi connectivity index (χ2n) is 12.3. The zero-order chi connectivity index (χ0) is 30.1. The van der Waals surface area contributed by atoms with Gasteiger partial charge in [-0.1, -0.05) is 63.2 Å². The zero-order valence-corrected chi connectivity index (χ0v) is 26.2. The van der Waals surface area contributed by atoms with Crippen LogP contribution in [0.3, 0.4) is 0 Å². The fourth-order valence-electron chi connectivity index (χ4n) is 4.80. The van der Waals surface area contributed by atoms with Gasteiger partial charge < -0.3 is 18.0 Å². The highest BCUT2D eigenvalue weighted by Gasteiger charge is 2.36. The number of aryl methyl sites for hydroxylation is 1. The lowest BCUT2D eigenvalue weighted by Crippen LogP contribution is -2.41. The molecule has 0 saturated carbocycles. The van der Waals surface area contributed by atoms with Gasteiger partial charge in [-0.15, -0.1) is 0 Å². The van der Waals surface area contributed by atoms with Crippen molar-refractivity contribution in [3.8, 4) is 16.9 Å². The van der Waals surface area contributed by atoms with Crippen LogP contribution in [0, 0.1) is 6.92 Å². The van der Waals surface area contributed by atoms with Crippen LogP contribution in [-0.2, 0) is 4.43 Å². The summed E-state index contributed by atoms with van der Waals surface area (Å²) in [6.07, 6.45) is 1.76. The van der Waals surface area contributed by atoms with Crippen LogP contribution in [0.2, 0.25) is 18.1 Å². The Hall–Kier alpha value is -3.94. The van der Waals surface area contributed by atoms with Crippen molar-refractivity contribution in [1.29, 1.82) is 0 Å². The van der Waals surface area contributed by atoms with E-state index in [0.29, 0.717) is 40.0 Å². The first-order valence-corrected chi connectivity index (χ1v) is 17.3. The summed E-state index contributed by atoms with van der Waals surface area (Å²) in [7, 11) is -1.75. The number of hydrogen-bond donors (Lipinski definition) is 0. The molecule has 5 rings (SSSR count). The van der Waals surface area contributed by atoms with E-state index in [1.165, 1.54) is 6.07 Å². The van der Waals surface area contributed by atoms with E-state index in [9.17, 15) is 9.59 Å². The second kappa shape index (κ2) is 11.7. The number of benzene rings is 3. The molecule has 0 atom stereocenters. The molecule has 0 aliphatic heterocycles. The van der Waals surface area contributed by atoms with Crippen LogP contribution in [0.4, 0.5) is 0 Å². The summed E-state index contributed by atoms with van der Waals surface area (Å²) in [6.45, 7) is 14.4. The van der Waals surface area contributed by atoms with E-state index in [4.69, 9.17) is 18.0 Å². The number of hydrogen-bond acceptors (Lipinski definition) is 6. The molecule has 6 nitrogen and oxygen atoms in total. The minimum atomic E-state index is -1.75. The molecule has 2 aromatic heterocycles. The van der Waals surface area contributed by atoms with Crippen LogP contribution in [0.5, 0.6) is 5.75 Å². The van der Waals surface area contributed by atoms with Gasteiger partial charge in [0, 0.05) is 29.2 Å². The molecule has 0 aliphatic rings. The van der Waals surface area contributed by atoms with Crippen molar-refractivity contribution in [3.63, 3.8) is 0 Å². The van der Waals surface area contributed by atoms with Crippen LogP contribution < -0.4 is 10.4 Å². The molecule has 218 valence electrons. The standard InChI is InChI=1S/C35H38O6Si/c1-23-21-29(36)41-33-27(23)17-18-28-31(33)30(24-13-8-7-9-14-24)34(40-28)32(37)25-15-12-16-26(22-25)38-19-10-11-20-39-42(5,6)35(2,3)4/h7-9,12-18,21-22H,10-11,19-20H2,1-6H3. The molecule has 0 spiro atoms. The Kier molecular flexibility index (Phi) is 8.26. The summed E-state index contributed by atoms with van der Waals surface area (Å²) < 4.78 is 24.2. The van der Waals surface area contributed by atoms with Gasteiger partial charge in [0.1, 0.15) is 16.9 Å². The number of furan rings is 1. The molecule has 5 aromatic rings. The predicted octanol–water partition coefficient (Wildman–Crippen LogP) is 8.93. The molecule has 0 bridgehead atoms. The van der Waals surface area contributed by atoms with E-state index < -0.39 is 13.9 Å². The van der Waals surface area contributed by atoms with Crippen molar-refractivity contribution in [2.24, 2.45) is 0 Å². The van der Waals surface area contributed by atoms with Gasteiger partial charge in [0.05, 0.1) is 12.0 Å². The van der Waals surface area contributed by atoms with Crippen molar-refractivity contribution in [3.05, 3.63) is 100 Å². The highest BCUT2D eigenvalue weighted by molar-refractivity contribution is 6.74. The summed E-state index contributed by atoms with van der Waals surface area (Å²) in [5.74, 6) is 0.532. The van der Waals surface area contributed by atoms with Crippen LogP contribution in [0.25, 0.3) is 33.1 Å². The van der Waals surface area contributed by atoms with Crippen molar-refractivity contribution in [1.82, 2.24) is 0 Å². The Morgan fingerprint density at radius 1 is 0.881 bits per heavy atom. The first-order chi connectivity index (χ1) is 20.0. The smallest absolute Gasteiger partial charge is 0.336 e. The Morgan fingerprint density at radius 2 is 1.62 bits per heavy atom. The Bertz CT molecular complexity index is 1790. The van der Waals surface area contributed by atoms with E-state index >= 15 is 0 Å². The maximum Gasteiger partial charge on any atom is 0.336 e. The molecule has 7 heteroatoms. The SMILES string of the molecule is Cc1cc(=O)oc2c1ccc1oc(C(=O)c3cccc(OCCCCO[Si](C)(C)C(C)(C)C)c3)c(-c3ccccc3)c12. The third kappa shape index (κ3) is 5.98. The fourth-order valence-corrected chi connectivity index (χ4v) is 5.89. The summed E-state index contributed by atoms with van der Waals surface area (Å²) in [5, 5.41) is 1.59. The molecule has 3 aromatic carbocycles. The van der Waals surface area contributed by atoms with Crippen LogP contribution in [-0.4, -0.2) is 27.3 Å². The van der Waals surface area contributed by atoms with E-state index in [2.05, 4.69) is 33.9 Å². The molecule has 0 unspecified atom stereocenters. The number of ether oxygens (including phenoxy) is 1. The van der Waals surface area contributed by atoms with Gasteiger partial charge in [0.15, 0.2) is 14.1 Å². The van der Waals surface area contributed by atoms with Gasteiger partial charge in [-0.25, -0.2) is 4.79 Å². The van der Waals surface area contributed by atoms with Gasteiger partial charge in [-0.05, 0) is 73.3 Å². The molecule has 2 heterocycles. The van der Waals surface area contributed by atoms with E-state index in [-0.39, 0.29) is 16.6 Å². The maximum atomic E-state index is 14.0. The van der Waals surface area contributed by atoms with Gasteiger partial charge in [0.25, 0.3) is 0 Å². The number of ketones is 1. The largest absolute Gasteiger partial charge is 0.494 e. The molecule has 42 heavy (non-hydrogen) atoms. The van der Waals surface area contributed by atoms with Gasteiger partial charge in [-0.3, -0.25) is 4.79 Å². The lowest BCUT2D eigenvalue weighted by molar-refractivity contribution is 0.101. The lowest BCUT2D eigenvalue weighted by Gasteiger charge is -2.36. The van der Waals surface area contributed by atoms with Crippen molar-refractivity contribution < 1.29 is 22.8 Å². The number of carbonyl (C=O) groups is 1. The highest BCUT2D eigenvalue weighted by Crippen LogP contribution is 2.40. The minimum Gasteiger partial charge on any atom is -0.494 e. The number of unbranched alkanes of at least 4 members (excludes halogenated alkanes) is 1. The van der Waals surface area contributed by atoms with Crippen LogP contribution in [0.1, 0.15) is 55.3 Å². The van der Waals surface area contributed by atoms with E-state index in [1.54, 1.807) is 12.1 Å². The zero-order valence-electron chi connectivity index (χ0n) is 25.2. The summed E-state index contributed by atoms with van der Waals surface area (Å²) in [4.78, 5) is 26.3. The molecule has 0 saturated heterocycles. The molecular formula is C35H38O6Si. The highest BCUT2D eigenvalue weighted by atomic mass is 28.4. The summed E-state index contributed by atoms with van der Waals surface area (Å²) in [6, 6.07) is 21.9. The normalized spacial score (nSPS) is 12.2. The molecule has 0 radical (unpaired) electrons. The first-order valence-electron chi connectivity index (χ1n) is 14.4. The maximum absolute atomic E-state index is 14.0. The average molecular weight is 583 g/mol. The average Bonchev–Trinajstić information content (AvgIpc) is 3.34. The topological polar surface area (TPSA) is 78.9 Å². The minimum absolute atomic E-state index is 0.188. The third-order valence-electron chi connectivity index (χ3n) is 8.21. The van der Waals surface area contributed by atoms with Crippen molar-refractivity contribution in [2.75, 3.05) is 13.2 Å². The van der Waals surface area contributed by atoms with Gasteiger partial charge in [0.2, 0.25) is 5.78 Å². The summed E-state index contributed by atoms with van der Waals surface area (Å²) in [5.41, 5.74) is 3.09. The van der Waals surface area contributed by atoms with Crippen LogP contribution in [0.15, 0.2) is 86.4 Å². The molecule has 0 amide bonds. The Morgan fingerprint density at radius 3 is 2.36 bits per heavy atom. The Balaban J connectivity index is 1.40. The third-order valence-corrected chi connectivity index (χ3v) is 12.7. The quantitative estimate of drug-likeness (QED) is 0.0708. The predicted molar refractivity (Wildman–Crippen MR) is 170 cm³/mol. The monoisotopic (exact) mass is 582 g/mol. The number of fused-ring (bicyclic) bond motifs is 3. The van der Waals surface area contributed by atoms with Gasteiger partial charge >= 0.3 is 5.63 Å². The molecular weight excluding hydrogens is 544 g/mol.